The van der Waals surface area contributed by atoms with E-state index in [1.165, 1.54) is 23.5 Å². The van der Waals surface area contributed by atoms with Gasteiger partial charge in [-0.1, -0.05) is 12.1 Å². The van der Waals surface area contributed by atoms with E-state index in [1.54, 1.807) is 23.6 Å². The number of nitrogens with zero attached hydrogens (tertiary/aromatic N) is 4. The van der Waals surface area contributed by atoms with Crippen molar-refractivity contribution in [2.24, 2.45) is 5.73 Å². The van der Waals surface area contributed by atoms with Crippen LogP contribution in [0.1, 0.15) is 0 Å². The number of sulfone groups is 1. The Hall–Kier alpha value is -3.44. The molecule has 1 aromatic carbocycles. The molecule has 0 spiro atoms. The fourth-order valence-electron chi connectivity index (χ4n) is 2.38. The number of aliphatic carboxylic acids is 1. The van der Waals surface area contributed by atoms with Gasteiger partial charge in [0.25, 0.3) is 6.08 Å². The lowest BCUT2D eigenvalue weighted by Crippen LogP contribution is -2.26. The Morgan fingerprint density at radius 3 is 2.17 bits per heavy atom. The number of halogens is 5. The quantitative estimate of drug-likeness (QED) is 0.452. The zero-order valence-corrected chi connectivity index (χ0v) is 19.2. The molecule has 2 heterocycles. The van der Waals surface area contributed by atoms with E-state index in [-0.39, 0.29) is 4.90 Å². The predicted octanol–water partition coefficient (Wildman–Crippen LogP) is 2.30. The summed E-state index contributed by atoms with van der Waals surface area (Å²) in [4.78, 5) is 21.5. The van der Waals surface area contributed by atoms with Crippen LogP contribution in [0.5, 0.6) is 0 Å². The first-order chi connectivity index (χ1) is 16.1. The lowest BCUT2D eigenvalue weighted by atomic mass is 10.1. The summed E-state index contributed by atoms with van der Waals surface area (Å²) in [7, 11) is -3.29. The van der Waals surface area contributed by atoms with Crippen LogP contribution in [0, 0.1) is 0 Å². The Morgan fingerprint density at radius 2 is 1.71 bits per heavy atom. The lowest BCUT2D eigenvalue weighted by molar-refractivity contribution is -0.192. The molecule has 2 aromatic heterocycles. The third-order valence-corrected chi connectivity index (χ3v) is 6.18. The van der Waals surface area contributed by atoms with Gasteiger partial charge in [-0.2, -0.15) is 31.3 Å². The Morgan fingerprint density at radius 1 is 1.14 bits per heavy atom. The van der Waals surface area contributed by atoms with E-state index in [1.807, 2.05) is 0 Å². The fraction of sp³-hybridized carbons (Fsp3) is 0.222. The maximum atomic E-state index is 12.7. The van der Waals surface area contributed by atoms with Gasteiger partial charge in [0.15, 0.2) is 9.84 Å². The molecule has 0 fully saturated rings. The Kier molecular flexibility index (Phi) is 8.64. The largest absolute Gasteiger partial charge is 0.490 e. The first kappa shape index (κ1) is 27.8. The van der Waals surface area contributed by atoms with Crippen LogP contribution >= 0.6 is 11.3 Å². The van der Waals surface area contributed by atoms with E-state index in [2.05, 4.69) is 10.4 Å². The van der Waals surface area contributed by atoms with Gasteiger partial charge in [-0.25, -0.2) is 18.0 Å². The number of carboxylic acids is 1. The van der Waals surface area contributed by atoms with Crippen LogP contribution in [0.2, 0.25) is 0 Å². The Bertz CT molecular complexity index is 1390. The summed E-state index contributed by atoms with van der Waals surface area (Å²) >= 11 is 1.21. The van der Waals surface area contributed by atoms with Gasteiger partial charge in [0.2, 0.25) is 0 Å². The molecule has 190 valence electrons. The summed E-state index contributed by atoms with van der Waals surface area (Å²) in [5, 5.41) is 16.7. The molecule has 0 amide bonds. The smallest absolute Gasteiger partial charge is 0.475 e. The second-order valence-corrected chi connectivity index (χ2v) is 9.58. The van der Waals surface area contributed by atoms with Crippen molar-refractivity contribution in [3.8, 4) is 16.1 Å². The summed E-state index contributed by atoms with van der Waals surface area (Å²) in [5.41, 5.74) is 5.68. The van der Waals surface area contributed by atoms with Crippen LogP contribution in [0.4, 0.5) is 22.0 Å². The number of carboxylic acid groups (broad SMARTS) is 1. The van der Waals surface area contributed by atoms with Crippen LogP contribution in [0.3, 0.4) is 0 Å². The number of carbonyl (C=O) groups is 1. The van der Waals surface area contributed by atoms with Crippen LogP contribution in [-0.2, 0) is 21.2 Å². The molecule has 0 bridgehead atoms. The highest BCUT2D eigenvalue weighted by Gasteiger charge is 2.38. The minimum Gasteiger partial charge on any atom is -0.475 e. The van der Waals surface area contributed by atoms with Crippen LogP contribution in [0.25, 0.3) is 16.1 Å². The van der Waals surface area contributed by atoms with Gasteiger partial charge in [-0.15, -0.1) is 11.3 Å². The number of benzene rings is 1. The maximum Gasteiger partial charge on any atom is 0.490 e. The number of thiophene rings is 1. The van der Waals surface area contributed by atoms with Gasteiger partial charge in [0, 0.05) is 23.8 Å². The van der Waals surface area contributed by atoms with Gasteiger partial charge in [-0.3, -0.25) is 0 Å². The molecule has 35 heavy (non-hydrogen) atoms. The van der Waals surface area contributed by atoms with Gasteiger partial charge >= 0.3 is 17.8 Å². The van der Waals surface area contributed by atoms with Crippen molar-refractivity contribution in [1.29, 1.82) is 0 Å². The number of rotatable bonds is 6. The maximum absolute atomic E-state index is 12.7. The van der Waals surface area contributed by atoms with Crippen molar-refractivity contribution >= 4 is 27.1 Å². The highest BCUT2D eigenvalue weighted by atomic mass is 32.2. The molecule has 0 radical (unpaired) electrons. The number of aromatic nitrogens is 4. The van der Waals surface area contributed by atoms with E-state index >= 15 is 0 Å². The second kappa shape index (κ2) is 10.9. The molecule has 0 unspecified atom stereocenters. The van der Waals surface area contributed by atoms with Gasteiger partial charge in [0.05, 0.1) is 11.4 Å². The molecule has 0 aliphatic carbocycles. The van der Waals surface area contributed by atoms with Gasteiger partial charge in [-0.05, 0) is 39.8 Å². The van der Waals surface area contributed by atoms with Crippen molar-refractivity contribution in [1.82, 2.24) is 19.8 Å². The van der Waals surface area contributed by atoms with E-state index in [9.17, 15) is 35.2 Å². The summed E-state index contributed by atoms with van der Waals surface area (Å²) in [5.74, 6) is -2.76. The highest BCUT2D eigenvalue weighted by Crippen LogP contribution is 2.28. The average molecular weight is 541 g/mol. The number of alkyl halides is 3. The Balaban J connectivity index is 0.000000540. The number of hydrogen-bond acceptors (Lipinski definition) is 8. The molecule has 10 nitrogen and oxygen atoms in total. The second-order valence-electron chi connectivity index (χ2n) is 6.67. The lowest BCUT2D eigenvalue weighted by Gasteiger charge is -2.01. The first-order valence-corrected chi connectivity index (χ1v) is 11.9. The monoisotopic (exact) mass is 541 g/mol. The van der Waals surface area contributed by atoms with E-state index < -0.39 is 52.4 Å². The van der Waals surface area contributed by atoms with Crippen molar-refractivity contribution in [2.45, 2.75) is 17.6 Å². The third-order valence-electron chi connectivity index (χ3n) is 4.15. The molecule has 0 aliphatic rings. The first-order valence-electron chi connectivity index (χ1n) is 9.10. The summed E-state index contributed by atoms with van der Waals surface area (Å²) in [6.45, 7) is -0.836. The predicted molar refractivity (Wildman–Crippen MR) is 114 cm³/mol. The molecule has 0 saturated carbocycles. The molecule has 0 saturated heterocycles. The molecule has 3 rings (SSSR count). The van der Waals surface area contributed by atoms with Gasteiger partial charge in [0.1, 0.15) is 5.00 Å². The average Bonchev–Trinajstić information content (AvgIpc) is 3.38. The minimum absolute atomic E-state index is 0.203. The Labute approximate surface area is 197 Å². The number of nitrogens with two attached hydrogens (primary N) is 1. The summed E-state index contributed by atoms with van der Waals surface area (Å²) in [6.07, 6.45) is -5.90. The minimum atomic E-state index is -5.08. The molecule has 0 atom stereocenters. The van der Waals surface area contributed by atoms with Crippen LogP contribution in [-0.4, -0.2) is 58.3 Å². The third kappa shape index (κ3) is 7.27. The number of hydrogen-bond donors (Lipinski definition) is 2. The van der Waals surface area contributed by atoms with Gasteiger partial charge < -0.3 is 10.8 Å². The van der Waals surface area contributed by atoms with Crippen LogP contribution < -0.4 is 11.4 Å². The van der Waals surface area contributed by atoms with Crippen LogP contribution in [0.15, 0.2) is 57.1 Å². The van der Waals surface area contributed by atoms with Crippen molar-refractivity contribution in [3.05, 3.63) is 57.8 Å². The topological polar surface area (TPSA) is 150 Å². The van der Waals surface area contributed by atoms with Crippen molar-refractivity contribution in [3.63, 3.8) is 0 Å². The molecule has 0 aliphatic heterocycles. The standard InChI is InChI=1S/C16H15F2N5O3S2.C2HF3O2/c1-28(25,26)13-4-2-10(3-5-13)11-6-14(27-9-11)23-16(24)22(20-21-23)8-12(7-19)15(17)18;3-2(4,5)1(6)7/h2-6,9H,7-8,19H2,1H3;(H,6,7). The summed E-state index contributed by atoms with van der Waals surface area (Å²) < 4.78 is 82.1. The fourth-order valence-corrected chi connectivity index (χ4v) is 3.87. The van der Waals surface area contributed by atoms with Crippen molar-refractivity contribution < 1.29 is 40.3 Å². The summed E-state index contributed by atoms with van der Waals surface area (Å²) in [6, 6.07) is 7.98. The zero-order chi connectivity index (χ0) is 26.6. The molecular formula is C18H16F5N5O5S2. The number of tetrazole rings is 1. The molecule has 17 heteroatoms. The molecular weight excluding hydrogens is 525 g/mol. The molecule has 3 N–H and O–H groups in total. The van der Waals surface area contributed by atoms with E-state index in [0.29, 0.717) is 5.00 Å². The SMILES string of the molecule is CS(=O)(=O)c1ccc(-c2csc(-n3nnn(CC(CN)=C(F)F)c3=O)c2)cc1.O=C(O)C(F)(F)F. The van der Waals surface area contributed by atoms with E-state index in [0.717, 1.165) is 26.7 Å². The van der Waals surface area contributed by atoms with E-state index in [4.69, 9.17) is 15.6 Å². The highest BCUT2D eigenvalue weighted by molar-refractivity contribution is 7.90. The molecule has 3 aromatic rings. The van der Waals surface area contributed by atoms with Crippen molar-refractivity contribution in [2.75, 3.05) is 12.8 Å². The normalized spacial score (nSPS) is 11.5. The zero-order valence-electron chi connectivity index (χ0n) is 17.5.